The van der Waals surface area contributed by atoms with Crippen LogP contribution in [-0.2, 0) is 4.79 Å². The van der Waals surface area contributed by atoms with E-state index in [-0.39, 0.29) is 24.5 Å². The number of carbonyl (C=O) groups is 2. The molecular weight excluding hydrogens is 196 g/mol. The highest BCUT2D eigenvalue weighted by Crippen LogP contribution is 2.27. The Kier molecular flexibility index (Phi) is 2.79. The van der Waals surface area contributed by atoms with Crippen LogP contribution in [0.5, 0.6) is 0 Å². The Hall–Kier alpha value is -1.26. The number of hydrogen-bond acceptors (Lipinski definition) is 2. The number of carboxylic acids is 1. The second-order valence-electron chi connectivity index (χ2n) is 4.28. The average molecular weight is 212 g/mol. The largest absolute Gasteiger partial charge is 0.481 e. The molecule has 84 valence electrons. The zero-order chi connectivity index (χ0) is 10.8. The van der Waals surface area contributed by atoms with Crippen molar-refractivity contribution in [2.75, 3.05) is 6.54 Å². The van der Waals surface area contributed by atoms with Crippen LogP contribution in [0, 0.1) is 0 Å². The minimum atomic E-state index is -0.834. The van der Waals surface area contributed by atoms with E-state index in [9.17, 15) is 9.59 Å². The highest BCUT2D eigenvalue weighted by molar-refractivity contribution is 5.79. The molecule has 2 aliphatic rings. The molecule has 5 heteroatoms. The minimum absolute atomic E-state index is 0.0508. The number of hydrogen-bond donors (Lipinski definition) is 2. The third-order valence-corrected chi connectivity index (χ3v) is 3.25. The summed E-state index contributed by atoms with van der Waals surface area (Å²) >= 11 is 0. The number of urea groups is 1. The van der Waals surface area contributed by atoms with Crippen LogP contribution in [0.3, 0.4) is 0 Å². The molecule has 0 aromatic heterocycles. The summed E-state index contributed by atoms with van der Waals surface area (Å²) < 4.78 is 0. The molecule has 1 saturated heterocycles. The lowest BCUT2D eigenvalue weighted by molar-refractivity contribution is -0.138. The number of amides is 2. The fraction of sp³-hybridized carbons (Fsp3) is 0.800. The predicted octanol–water partition coefficient (Wildman–Crippen LogP) is 0.797. The van der Waals surface area contributed by atoms with Crippen LogP contribution in [0.15, 0.2) is 0 Å². The van der Waals surface area contributed by atoms with Crippen molar-refractivity contribution >= 4 is 12.0 Å². The normalized spacial score (nSPS) is 27.1. The summed E-state index contributed by atoms with van der Waals surface area (Å²) in [5.74, 6) is -0.834. The maximum absolute atomic E-state index is 11.6. The van der Waals surface area contributed by atoms with Gasteiger partial charge in [0.25, 0.3) is 0 Å². The minimum Gasteiger partial charge on any atom is -0.481 e. The van der Waals surface area contributed by atoms with Crippen LogP contribution in [-0.4, -0.2) is 40.6 Å². The number of rotatable bonds is 3. The maximum atomic E-state index is 11.6. The van der Waals surface area contributed by atoms with Gasteiger partial charge in [-0.15, -0.1) is 0 Å². The number of aliphatic carboxylic acids is 1. The zero-order valence-corrected chi connectivity index (χ0v) is 8.61. The Balaban J connectivity index is 2.03. The molecule has 2 N–H and O–H groups in total. The average Bonchev–Trinajstić information content (AvgIpc) is 2.74. The summed E-state index contributed by atoms with van der Waals surface area (Å²) in [6, 6.07) is 0.0168. The van der Waals surface area contributed by atoms with Crippen molar-refractivity contribution in [3.8, 4) is 0 Å². The van der Waals surface area contributed by atoms with E-state index in [0.29, 0.717) is 6.54 Å². The van der Waals surface area contributed by atoms with Gasteiger partial charge in [-0.3, -0.25) is 4.79 Å². The summed E-state index contributed by atoms with van der Waals surface area (Å²) in [6.07, 6.45) is 4.38. The van der Waals surface area contributed by atoms with Crippen molar-refractivity contribution in [3.63, 3.8) is 0 Å². The van der Waals surface area contributed by atoms with Gasteiger partial charge in [0, 0.05) is 12.6 Å². The predicted molar refractivity (Wildman–Crippen MR) is 53.5 cm³/mol. The molecule has 1 unspecified atom stereocenters. The summed E-state index contributed by atoms with van der Waals surface area (Å²) in [7, 11) is 0. The van der Waals surface area contributed by atoms with Crippen molar-refractivity contribution < 1.29 is 14.7 Å². The van der Waals surface area contributed by atoms with Crippen LogP contribution >= 0.6 is 0 Å². The molecule has 2 amide bonds. The lowest BCUT2D eigenvalue weighted by atomic mass is 10.1. The van der Waals surface area contributed by atoms with E-state index < -0.39 is 5.97 Å². The summed E-state index contributed by atoms with van der Waals surface area (Å²) in [6.45, 7) is 0.474. The number of carbonyl (C=O) groups excluding carboxylic acids is 1. The van der Waals surface area contributed by atoms with Gasteiger partial charge >= 0.3 is 12.0 Å². The van der Waals surface area contributed by atoms with E-state index >= 15 is 0 Å². The van der Waals surface area contributed by atoms with Gasteiger partial charge < -0.3 is 15.3 Å². The first-order valence-corrected chi connectivity index (χ1v) is 5.46. The first-order chi connectivity index (χ1) is 7.18. The molecular formula is C10H16N2O3. The molecule has 1 heterocycles. The van der Waals surface area contributed by atoms with E-state index in [0.717, 1.165) is 25.7 Å². The molecule has 1 aliphatic carbocycles. The van der Waals surface area contributed by atoms with Crippen molar-refractivity contribution in [1.82, 2.24) is 10.2 Å². The van der Waals surface area contributed by atoms with Gasteiger partial charge in [0.1, 0.15) is 0 Å². The second-order valence-corrected chi connectivity index (χ2v) is 4.28. The smallest absolute Gasteiger partial charge is 0.318 e. The van der Waals surface area contributed by atoms with E-state index in [1.807, 2.05) is 0 Å². The van der Waals surface area contributed by atoms with Crippen LogP contribution in [0.4, 0.5) is 4.79 Å². The molecule has 15 heavy (non-hydrogen) atoms. The van der Waals surface area contributed by atoms with Crippen LogP contribution in [0.2, 0.25) is 0 Å². The first kappa shape index (κ1) is 10.3. The Morgan fingerprint density at radius 3 is 2.73 bits per heavy atom. The molecule has 1 aliphatic heterocycles. The summed E-state index contributed by atoms with van der Waals surface area (Å²) in [5, 5.41) is 11.5. The molecule has 0 bridgehead atoms. The molecule has 2 rings (SSSR count). The number of nitrogens with one attached hydrogen (secondary N) is 1. The molecule has 0 spiro atoms. The third-order valence-electron chi connectivity index (χ3n) is 3.25. The Labute approximate surface area is 88.4 Å². The number of nitrogens with zero attached hydrogens (tertiary/aromatic N) is 1. The van der Waals surface area contributed by atoms with Crippen LogP contribution < -0.4 is 5.32 Å². The third kappa shape index (κ3) is 2.06. The standard InChI is InChI=1S/C10H16N2O3/c13-9(14)5-8-6-11-10(15)12(8)7-3-1-2-4-7/h7-8H,1-6H2,(H,11,15)(H,13,14). The Bertz CT molecular complexity index is 274. The Morgan fingerprint density at radius 1 is 1.47 bits per heavy atom. The highest BCUT2D eigenvalue weighted by Gasteiger charge is 2.37. The number of carboxylic acid groups (broad SMARTS) is 1. The van der Waals surface area contributed by atoms with E-state index in [2.05, 4.69) is 5.32 Å². The highest BCUT2D eigenvalue weighted by atomic mass is 16.4. The van der Waals surface area contributed by atoms with Crippen LogP contribution in [0.1, 0.15) is 32.1 Å². The molecule has 0 aromatic carbocycles. The van der Waals surface area contributed by atoms with Crippen LogP contribution in [0.25, 0.3) is 0 Å². The van der Waals surface area contributed by atoms with Crippen molar-refractivity contribution in [2.24, 2.45) is 0 Å². The van der Waals surface area contributed by atoms with Crippen molar-refractivity contribution in [1.29, 1.82) is 0 Å². The van der Waals surface area contributed by atoms with E-state index in [1.165, 1.54) is 0 Å². The Morgan fingerprint density at radius 2 is 2.13 bits per heavy atom. The quantitative estimate of drug-likeness (QED) is 0.727. The lowest BCUT2D eigenvalue weighted by Gasteiger charge is -2.28. The lowest BCUT2D eigenvalue weighted by Crippen LogP contribution is -2.42. The molecule has 2 fully saturated rings. The first-order valence-electron chi connectivity index (χ1n) is 5.46. The van der Waals surface area contributed by atoms with Gasteiger partial charge in [-0.1, -0.05) is 12.8 Å². The molecule has 1 atom stereocenters. The van der Waals surface area contributed by atoms with Gasteiger partial charge in [0.05, 0.1) is 12.5 Å². The monoisotopic (exact) mass is 212 g/mol. The molecule has 1 saturated carbocycles. The second kappa shape index (κ2) is 4.08. The van der Waals surface area contributed by atoms with Crippen molar-refractivity contribution in [2.45, 2.75) is 44.2 Å². The fourth-order valence-corrected chi connectivity index (χ4v) is 2.58. The zero-order valence-electron chi connectivity index (χ0n) is 8.61. The molecule has 0 radical (unpaired) electrons. The van der Waals surface area contributed by atoms with Crippen molar-refractivity contribution in [3.05, 3.63) is 0 Å². The SMILES string of the molecule is O=C(O)CC1CNC(=O)N1C1CCCC1. The molecule has 5 nitrogen and oxygen atoms in total. The van der Waals surface area contributed by atoms with Gasteiger partial charge in [-0.2, -0.15) is 0 Å². The maximum Gasteiger partial charge on any atom is 0.318 e. The topological polar surface area (TPSA) is 69.6 Å². The summed E-state index contributed by atoms with van der Waals surface area (Å²) in [4.78, 5) is 24.0. The van der Waals surface area contributed by atoms with Gasteiger partial charge in [-0.05, 0) is 12.8 Å². The van der Waals surface area contributed by atoms with E-state index in [1.54, 1.807) is 4.90 Å². The van der Waals surface area contributed by atoms with Gasteiger partial charge in [0.2, 0.25) is 0 Å². The van der Waals surface area contributed by atoms with Gasteiger partial charge in [0.15, 0.2) is 0 Å². The fourth-order valence-electron chi connectivity index (χ4n) is 2.58. The summed E-state index contributed by atoms with van der Waals surface area (Å²) in [5.41, 5.74) is 0. The molecule has 0 aromatic rings. The van der Waals surface area contributed by atoms with E-state index in [4.69, 9.17) is 5.11 Å². The van der Waals surface area contributed by atoms with Gasteiger partial charge in [-0.25, -0.2) is 4.79 Å².